The number of amides is 1. The first-order valence-corrected chi connectivity index (χ1v) is 8.23. The third-order valence-electron chi connectivity index (χ3n) is 3.85. The first kappa shape index (κ1) is 16.0. The Morgan fingerprint density at radius 3 is 2.57 bits per heavy atom. The van der Waals surface area contributed by atoms with Crippen LogP contribution in [0.2, 0.25) is 0 Å². The summed E-state index contributed by atoms with van der Waals surface area (Å²) in [6.07, 6.45) is 0. The molecule has 1 aliphatic rings. The Morgan fingerprint density at radius 2 is 2.05 bits per heavy atom. The highest BCUT2D eigenvalue weighted by atomic mass is 32.2. The van der Waals surface area contributed by atoms with Gasteiger partial charge in [0.25, 0.3) is 15.9 Å². The van der Waals surface area contributed by atoms with Gasteiger partial charge in [-0.25, -0.2) is 13.1 Å². The van der Waals surface area contributed by atoms with E-state index >= 15 is 0 Å². The minimum absolute atomic E-state index is 0.0513. The molecule has 7 nitrogen and oxygen atoms in total. The topological polar surface area (TPSA) is 82.9 Å². The molecule has 0 aliphatic carbocycles. The average molecular weight is 315 g/mol. The van der Waals surface area contributed by atoms with Crippen molar-refractivity contribution in [2.45, 2.75) is 18.1 Å². The molecular weight excluding hydrogens is 294 g/mol. The molecule has 0 spiro atoms. The fraction of sp³-hybridized carbons (Fsp3) is 0.615. The number of sulfonamides is 1. The molecule has 1 N–H and O–H groups in total. The zero-order chi connectivity index (χ0) is 15.8. The summed E-state index contributed by atoms with van der Waals surface area (Å²) in [7, 11) is 1.60. The predicted molar refractivity (Wildman–Crippen MR) is 77.5 cm³/mol. The van der Waals surface area contributed by atoms with Crippen LogP contribution in [0.1, 0.15) is 17.5 Å². The largest absolute Gasteiger partial charge is 0.438 e. The van der Waals surface area contributed by atoms with E-state index in [9.17, 15) is 13.2 Å². The van der Waals surface area contributed by atoms with Crippen LogP contribution in [0.5, 0.6) is 0 Å². The van der Waals surface area contributed by atoms with E-state index in [0.717, 1.165) is 0 Å². The van der Waals surface area contributed by atoms with Gasteiger partial charge in [-0.05, 0) is 39.2 Å². The van der Waals surface area contributed by atoms with Crippen molar-refractivity contribution < 1.29 is 17.6 Å². The van der Waals surface area contributed by atoms with E-state index in [-0.39, 0.29) is 16.8 Å². The standard InChI is InChI=1S/C13H21N3O4S/c1-9-7-16(8-10(9)15(3)4)13(17)11-5-6-12(20-11)21(18,19)14-2/h5-6,9-10,14H,7-8H2,1-4H3/t9-,10-/m0/s1. The quantitative estimate of drug-likeness (QED) is 0.859. The van der Waals surface area contributed by atoms with Crippen molar-refractivity contribution in [3.05, 3.63) is 17.9 Å². The third-order valence-corrected chi connectivity index (χ3v) is 5.14. The lowest BCUT2D eigenvalue weighted by atomic mass is 10.1. The molecule has 1 amide bonds. The van der Waals surface area contributed by atoms with Crippen LogP contribution in [0.25, 0.3) is 0 Å². The maximum atomic E-state index is 12.4. The van der Waals surface area contributed by atoms with Crippen molar-refractivity contribution in [1.82, 2.24) is 14.5 Å². The average Bonchev–Trinajstić information content (AvgIpc) is 3.04. The summed E-state index contributed by atoms with van der Waals surface area (Å²) in [5.74, 6) is 0.138. The zero-order valence-corrected chi connectivity index (χ0v) is 13.5. The number of nitrogens with one attached hydrogen (secondary N) is 1. The lowest BCUT2D eigenvalue weighted by molar-refractivity contribution is 0.0744. The van der Waals surface area contributed by atoms with E-state index in [1.54, 1.807) is 4.90 Å². The fourth-order valence-corrected chi connectivity index (χ4v) is 3.27. The Hall–Kier alpha value is -1.38. The van der Waals surface area contributed by atoms with Gasteiger partial charge in [-0.2, -0.15) is 0 Å². The van der Waals surface area contributed by atoms with Crippen LogP contribution in [-0.2, 0) is 10.0 Å². The third kappa shape index (κ3) is 3.12. The molecule has 2 heterocycles. The van der Waals surface area contributed by atoms with Gasteiger partial charge in [0.1, 0.15) is 0 Å². The highest BCUT2D eigenvalue weighted by Gasteiger charge is 2.35. The van der Waals surface area contributed by atoms with E-state index in [1.807, 2.05) is 14.1 Å². The number of nitrogens with zero attached hydrogens (tertiary/aromatic N) is 2. The molecule has 21 heavy (non-hydrogen) atoms. The molecule has 2 atom stereocenters. The zero-order valence-electron chi connectivity index (χ0n) is 12.7. The van der Waals surface area contributed by atoms with E-state index < -0.39 is 10.0 Å². The number of hydrogen-bond acceptors (Lipinski definition) is 5. The van der Waals surface area contributed by atoms with E-state index in [0.29, 0.717) is 25.0 Å². The minimum atomic E-state index is -3.67. The molecule has 2 rings (SSSR count). The normalized spacial score (nSPS) is 23.0. The fourth-order valence-electron chi connectivity index (χ4n) is 2.62. The van der Waals surface area contributed by atoms with Gasteiger partial charge in [0, 0.05) is 19.1 Å². The molecule has 1 aliphatic heterocycles. The summed E-state index contributed by atoms with van der Waals surface area (Å²) in [4.78, 5) is 16.2. The molecule has 0 aromatic carbocycles. The molecule has 1 aromatic heterocycles. The van der Waals surface area contributed by atoms with Gasteiger partial charge >= 0.3 is 0 Å². The minimum Gasteiger partial charge on any atom is -0.438 e. The number of likely N-dealkylation sites (tertiary alicyclic amines) is 1. The number of likely N-dealkylation sites (N-methyl/N-ethyl adjacent to an activating group) is 1. The maximum Gasteiger partial charge on any atom is 0.289 e. The van der Waals surface area contributed by atoms with Crippen LogP contribution >= 0.6 is 0 Å². The van der Waals surface area contributed by atoms with E-state index in [4.69, 9.17) is 4.42 Å². The Bertz CT molecular complexity index is 623. The first-order chi connectivity index (χ1) is 9.76. The van der Waals surface area contributed by atoms with Crippen LogP contribution in [0.4, 0.5) is 0 Å². The second-order valence-corrected chi connectivity index (χ2v) is 7.36. The maximum absolute atomic E-state index is 12.4. The SMILES string of the molecule is CNS(=O)(=O)c1ccc(C(=O)N2C[C@H](C)[C@@H](N(C)C)C2)o1. The van der Waals surface area contributed by atoms with Crippen molar-refractivity contribution in [2.24, 2.45) is 5.92 Å². The second kappa shape index (κ2) is 5.78. The molecule has 0 bridgehead atoms. The van der Waals surface area contributed by atoms with Crippen molar-refractivity contribution in [2.75, 3.05) is 34.2 Å². The summed E-state index contributed by atoms with van der Waals surface area (Å²) >= 11 is 0. The van der Waals surface area contributed by atoms with Crippen LogP contribution < -0.4 is 4.72 Å². The highest BCUT2D eigenvalue weighted by Crippen LogP contribution is 2.23. The Morgan fingerprint density at radius 1 is 1.38 bits per heavy atom. The summed E-state index contributed by atoms with van der Waals surface area (Å²) in [6, 6.07) is 2.99. The first-order valence-electron chi connectivity index (χ1n) is 6.75. The lowest BCUT2D eigenvalue weighted by Crippen LogP contribution is -2.35. The Labute approximate surface area is 124 Å². The number of rotatable bonds is 4. The number of hydrogen-bond donors (Lipinski definition) is 1. The van der Waals surface area contributed by atoms with Gasteiger partial charge in [0.15, 0.2) is 5.76 Å². The van der Waals surface area contributed by atoms with Crippen molar-refractivity contribution >= 4 is 15.9 Å². The number of carbonyl (C=O) groups excluding carboxylic acids is 1. The molecule has 8 heteroatoms. The summed E-state index contributed by atoms with van der Waals surface area (Å²) in [5, 5.41) is -0.246. The summed E-state index contributed by atoms with van der Waals surface area (Å²) < 4.78 is 30.6. The predicted octanol–water partition coefficient (Wildman–Crippen LogP) is 0.210. The van der Waals surface area contributed by atoms with Gasteiger partial charge < -0.3 is 14.2 Å². The monoisotopic (exact) mass is 315 g/mol. The summed E-state index contributed by atoms with van der Waals surface area (Å²) in [6.45, 7) is 3.34. The molecule has 1 aromatic rings. The van der Waals surface area contributed by atoms with Crippen LogP contribution in [0.15, 0.2) is 21.6 Å². The van der Waals surface area contributed by atoms with E-state index in [1.165, 1.54) is 19.2 Å². The van der Waals surface area contributed by atoms with Crippen LogP contribution in [-0.4, -0.2) is 64.4 Å². The Balaban J connectivity index is 2.15. The molecular formula is C13H21N3O4S. The molecule has 0 unspecified atom stereocenters. The number of furan rings is 1. The van der Waals surface area contributed by atoms with Gasteiger partial charge in [-0.1, -0.05) is 6.92 Å². The van der Waals surface area contributed by atoms with Crippen molar-refractivity contribution in [3.8, 4) is 0 Å². The highest BCUT2D eigenvalue weighted by molar-refractivity contribution is 7.89. The number of carbonyl (C=O) groups is 1. The molecule has 1 fully saturated rings. The molecule has 0 radical (unpaired) electrons. The van der Waals surface area contributed by atoms with Gasteiger partial charge in [-0.3, -0.25) is 4.79 Å². The van der Waals surface area contributed by atoms with Crippen molar-refractivity contribution in [3.63, 3.8) is 0 Å². The summed E-state index contributed by atoms with van der Waals surface area (Å²) in [5.41, 5.74) is 0. The van der Waals surface area contributed by atoms with Crippen LogP contribution in [0.3, 0.4) is 0 Å². The van der Waals surface area contributed by atoms with Gasteiger partial charge in [0.05, 0.1) is 0 Å². The van der Waals surface area contributed by atoms with Crippen molar-refractivity contribution in [1.29, 1.82) is 0 Å². The second-order valence-electron chi connectivity index (χ2n) is 5.54. The van der Waals surface area contributed by atoms with Gasteiger partial charge in [0.2, 0.25) is 5.09 Å². The molecule has 1 saturated heterocycles. The lowest BCUT2D eigenvalue weighted by Gasteiger charge is -2.22. The molecule has 118 valence electrons. The van der Waals surface area contributed by atoms with E-state index in [2.05, 4.69) is 16.5 Å². The molecule has 0 saturated carbocycles. The van der Waals surface area contributed by atoms with Gasteiger partial charge in [-0.15, -0.1) is 0 Å². The smallest absolute Gasteiger partial charge is 0.289 e. The Kier molecular flexibility index (Phi) is 4.40. The van der Waals surface area contributed by atoms with Crippen LogP contribution in [0, 0.1) is 5.92 Å².